The molecular formula is C22H27FN4O2. The lowest BCUT2D eigenvalue weighted by molar-refractivity contribution is -0.134. The minimum Gasteiger partial charge on any atom is -0.368 e. The Morgan fingerprint density at radius 2 is 1.55 bits per heavy atom. The van der Waals surface area contributed by atoms with Crippen LogP contribution in [0.15, 0.2) is 54.6 Å². The number of hydrogen-bond donors (Lipinski definition) is 2. The molecule has 0 radical (unpaired) electrons. The van der Waals surface area contributed by atoms with Crippen molar-refractivity contribution in [3.05, 3.63) is 60.4 Å². The van der Waals surface area contributed by atoms with E-state index in [1.165, 1.54) is 12.1 Å². The van der Waals surface area contributed by atoms with Crippen LogP contribution in [0.25, 0.3) is 0 Å². The van der Waals surface area contributed by atoms with Crippen molar-refractivity contribution in [1.82, 2.24) is 10.2 Å². The van der Waals surface area contributed by atoms with Gasteiger partial charge in [-0.1, -0.05) is 32.0 Å². The van der Waals surface area contributed by atoms with Crippen molar-refractivity contribution in [1.29, 1.82) is 0 Å². The van der Waals surface area contributed by atoms with Gasteiger partial charge in [0.05, 0.1) is 0 Å². The van der Waals surface area contributed by atoms with Gasteiger partial charge in [-0.05, 0) is 42.3 Å². The summed E-state index contributed by atoms with van der Waals surface area (Å²) in [4.78, 5) is 29.3. The number of carbonyl (C=O) groups is 2. The summed E-state index contributed by atoms with van der Waals surface area (Å²) in [6.07, 6.45) is 0. The summed E-state index contributed by atoms with van der Waals surface area (Å²) in [7, 11) is 0. The van der Waals surface area contributed by atoms with Gasteiger partial charge in [-0.25, -0.2) is 9.18 Å². The van der Waals surface area contributed by atoms with Crippen LogP contribution in [0, 0.1) is 11.7 Å². The normalized spacial score (nSPS) is 15.2. The van der Waals surface area contributed by atoms with Crippen molar-refractivity contribution in [2.45, 2.75) is 19.9 Å². The molecule has 6 nitrogen and oxygen atoms in total. The lowest BCUT2D eigenvalue weighted by Gasteiger charge is -2.38. The van der Waals surface area contributed by atoms with E-state index in [1.807, 2.05) is 32.0 Å². The Balaban J connectivity index is 1.56. The van der Waals surface area contributed by atoms with Gasteiger partial charge in [0.15, 0.2) is 0 Å². The Bertz CT molecular complexity index is 818. The lowest BCUT2D eigenvalue weighted by atomic mass is 10.0. The van der Waals surface area contributed by atoms with Gasteiger partial charge in [0, 0.05) is 37.6 Å². The number of amides is 3. The van der Waals surface area contributed by atoms with Gasteiger partial charge in [0.25, 0.3) is 0 Å². The van der Waals surface area contributed by atoms with Gasteiger partial charge in [-0.3, -0.25) is 4.79 Å². The van der Waals surface area contributed by atoms with Crippen molar-refractivity contribution >= 4 is 23.3 Å². The molecule has 0 bridgehead atoms. The minimum atomic E-state index is -0.601. The van der Waals surface area contributed by atoms with Crippen molar-refractivity contribution in [2.24, 2.45) is 5.92 Å². The smallest absolute Gasteiger partial charge is 0.319 e. The number of nitrogens with zero attached hydrogens (tertiary/aromatic N) is 2. The van der Waals surface area contributed by atoms with Crippen LogP contribution in [0.2, 0.25) is 0 Å². The summed E-state index contributed by atoms with van der Waals surface area (Å²) >= 11 is 0. The molecule has 0 saturated carbocycles. The molecule has 1 saturated heterocycles. The van der Waals surface area contributed by atoms with E-state index in [-0.39, 0.29) is 17.6 Å². The molecule has 0 aromatic heterocycles. The van der Waals surface area contributed by atoms with Gasteiger partial charge in [-0.15, -0.1) is 0 Å². The molecule has 2 aromatic rings. The number of hydrogen-bond acceptors (Lipinski definition) is 3. The van der Waals surface area contributed by atoms with E-state index in [4.69, 9.17) is 0 Å². The first-order valence-corrected chi connectivity index (χ1v) is 9.86. The molecular weight excluding hydrogens is 371 g/mol. The molecule has 29 heavy (non-hydrogen) atoms. The number of urea groups is 1. The van der Waals surface area contributed by atoms with Gasteiger partial charge in [0.1, 0.15) is 11.9 Å². The number of anilines is 2. The minimum absolute atomic E-state index is 0.0425. The summed E-state index contributed by atoms with van der Waals surface area (Å²) in [5, 5.41) is 5.57. The summed E-state index contributed by atoms with van der Waals surface area (Å²) in [5.41, 5.74) is 1.62. The zero-order valence-corrected chi connectivity index (χ0v) is 16.8. The molecule has 1 atom stereocenters. The monoisotopic (exact) mass is 398 g/mol. The van der Waals surface area contributed by atoms with Crippen LogP contribution in [0.3, 0.4) is 0 Å². The first kappa shape index (κ1) is 20.6. The fraction of sp³-hybridized carbons (Fsp3) is 0.364. The predicted molar refractivity (Wildman–Crippen MR) is 112 cm³/mol. The Labute approximate surface area is 170 Å². The van der Waals surface area contributed by atoms with Gasteiger partial charge >= 0.3 is 6.03 Å². The molecule has 0 unspecified atom stereocenters. The van der Waals surface area contributed by atoms with E-state index < -0.39 is 12.1 Å². The molecule has 1 aliphatic rings. The largest absolute Gasteiger partial charge is 0.368 e. The second kappa shape index (κ2) is 9.41. The van der Waals surface area contributed by atoms with E-state index in [0.717, 1.165) is 5.69 Å². The average molecular weight is 398 g/mol. The number of nitrogens with one attached hydrogen (secondary N) is 2. The number of para-hydroxylation sites is 1. The van der Waals surface area contributed by atoms with Gasteiger partial charge in [-0.2, -0.15) is 0 Å². The third-order valence-corrected chi connectivity index (χ3v) is 5.03. The Morgan fingerprint density at radius 3 is 2.14 bits per heavy atom. The highest BCUT2D eigenvalue weighted by molar-refractivity contribution is 5.93. The zero-order chi connectivity index (χ0) is 20.8. The van der Waals surface area contributed by atoms with Crippen LogP contribution in [0.1, 0.15) is 13.8 Å². The number of benzene rings is 2. The molecule has 2 N–H and O–H groups in total. The van der Waals surface area contributed by atoms with Crippen LogP contribution in [-0.2, 0) is 4.79 Å². The van der Waals surface area contributed by atoms with E-state index in [1.54, 1.807) is 29.2 Å². The third kappa shape index (κ3) is 5.47. The Hall–Kier alpha value is -3.09. The van der Waals surface area contributed by atoms with Crippen LogP contribution in [0.4, 0.5) is 20.6 Å². The molecule has 1 fully saturated rings. The molecule has 154 valence electrons. The van der Waals surface area contributed by atoms with Crippen molar-refractivity contribution in [3.8, 4) is 0 Å². The summed E-state index contributed by atoms with van der Waals surface area (Å²) in [6.45, 7) is 6.28. The number of halogens is 1. The van der Waals surface area contributed by atoms with Crippen molar-refractivity contribution < 1.29 is 14.0 Å². The average Bonchev–Trinajstić information content (AvgIpc) is 2.73. The van der Waals surface area contributed by atoms with Crippen LogP contribution in [0.5, 0.6) is 0 Å². The van der Waals surface area contributed by atoms with E-state index >= 15 is 0 Å². The first-order valence-electron chi connectivity index (χ1n) is 9.86. The van der Waals surface area contributed by atoms with E-state index in [0.29, 0.717) is 31.9 Å². The number of carbonyl (C=O) groups excluding carboxylic acids is 2. The van der Waals surface area contributed by atoms with Crippen LogP contribution < -0.4 is 15.5 Å². The molecule has 1 heterocycles. The van der Waals surface area contributed by atoms with E-state index in [2.05, 4.69) is 15.5 Å². The highest BCUT2D eigenvalue weighted by Gasteiger charge is 2.30. The maximum Gasteiger partial charge on any atom is 0.319 e. The maximum absolute atomic E-state index is 13.1. The second-order valence-electron chi connectivity index (χ2n) is 7.47. The van der Waals surface area contributed by atoms with Crippen molar-refractivity contribution in [3.63, 3.8) is 0 Å². The molecule has 0 spiro atoms. The molecule has 2 aromatic carbocycles. The molecule has 7 heteroatoms. The summed E-state index contributed by atoms with van der Waals surface area (Å²) in [6, 6.07) is 14.5. The van der Waals surface area contributed by atoms with Crippen LogP contribution in [-0.4, -0.2) is 49.1 Å². The quantitative estimate of drug-likeness (QED) is 0.812. The molecule has 0 aliphatic carbocycles. The fourth-order valence-electron chi connectivity index (χ4n) is 3.38. The lowest BCUT2D eigenvalue weighted by Crippen LogP contribution is -2.57. The topological polar surface area (TPSA) is 64.7 Å². The highest BCUT2D eigenvalue weighted by Crippen LogP contribution is 2.18. The third-order valence-electron chi connectivity index (χ3n) is 5.03. The molecule has 1 aliphatic heterocycles. The fourth-order valence-corrected chi connectivity index (χ4v) is 3.38. The van der Waals surface area contributed by atoms with Gasteiger partial charge < -0.3 is 20.4 Å². The van der Waals surface area contributed by atoms with Crippen molar-refractivity contribution in [2.75, 3.05) is 36.4 Å². The second-order valence-corrected chi connectivity index (χ2v) is 7.47. The summed E-state index contributed by atoms with van der Waals surface area (Å²) in [5.74, 6) is -0.386. The van der Waals surface area contributed by atoms with Gasteiger partial charge in [0.2, 0.25) is 5.91 Å². The zero-order valence-electron chi connectivity index (χ0n) is 16.8. The predicted octanol–water partition coefficient (Wildman–Crippen LogP) is 3.32. The molecule has 3 rings (SSSR count). The highest BCUT2D eigenvalue weighted by atomic mass is 19.1. The molecule has 3 amide bonds. The Morgan fingerprint density at radius 1 is 0.931 bits per heavy atom. The summed E-state index contributed by atoms with van der Waals surface area (Å²) < 4.78 is 13.1. The first-order chi connectivity index (χ1) is 13.9. The Kier molecular flexibility index (Phi) is 6.69. The SMILES string of the molecule is CC(C)[C@@H](NC(=O)Nc1ccccc1)C(=O)N1CCN(c2ccc(F)cc2)CC1. The standard InChI is InChI=1S/C22H27FN4O2/c1-16(2)20(25-22(29)24-18-6-4-3-5-7-18)21(28)27-14-12-26(13-15-27)19-10-8-17(23)9-11-19/h3-11,16,20H,12-15H2,1-2H3,(H2,24,25,29)/t20-/m1/s1. The van der Waals surface area contributed by atoms with E-state index in [9.17, 15) is 14.0 Å². The number of rotatable bonds is 5. The van der Waals surface area contributed by atoms with Crippen LogP contribution >= 0.6 is 0 Å². The number of piperazine rings is 1. The maximum atomic E-state index is 13.1.